The van der Waals surface area contributed by atoms with Crippen LogP contribution in [0.15, 0.2) is 97.2 Å². The van der Waals surface area contributed by atoms with Crippen molar-refractivity contribution >= 4 is 11.9 Å². The molecule has 4 heteroatoms. The first-order valence-corrected chi connectivity index (χ1v) is 12.6. The van der Waals surface area contributed by atoms with Crippen LogP contribution in [0.2, 0.25) is 0 Å². The van der Waals surface area contributed by atoms with Crippen LogP contribution in [0.25, 0.3) is 0 Å². The van der Waals surface area contributed by atoms with Crippen molar-refractivity contribution in [1.29, 1.82) is 0 Å². The van der Waals surface area contributed by atoms with Crippen molar-refractivity contribution in [1.82, 2.24) is 0 Å². The summed E-state index contributed by atoms with van der Waals surface area (Å²) in [4.78, 5) is 24.0. The molecule has 0 heterocycles. The lowest BCUT2D eigenvalue weighted by Crippen LogP contribution is -2.12. The average Bonchev–Trinajstić information content (AvgIpc) is 2.86. The van der Waals surface area contributed by atoms with Crippen molar-refractivity contribution in [2.75, 3.05) is 6.61 Å². The van der Waals surface area contributed by atoms with E-state index in [1.807, 2.05) is 12.2 Å². The highest BCUT2D eigenvalue weighted by atomic mass is 16.5. The summed E-state index contributed by atoms with van der Waals surface area (Å²) < 4.78 is 10.3. The van der Waals surface area contributed by atoms with Crippen molar-refractivity contribution in [3.05, 3.63) is 103 Å². The van der Waals surface area contributed by atoms with Crippen molar-refractivity contribution in [2.24, 2.45) is 0 Å². The molecule has 0 aliphatic heterocycles. The van der Waals surface area contributed by atoms with E-state index in [4.69, 9.17) is 9.47 Å². The first-order chi connectivity index (χ1) is 17.2. The van der Waals surface area contributed by atoms with E-state index >= 15 is 0 Å². The van der Waals surface area contributed by atoms with Crippen LogP contribution in [0, 0.1) is 0 Å². The minimum absolute atomic E-state index is 0.235. The van der Waals surface area contributed by atoms with Crippen molar-refractivity contribution in [3.8, 4) is 5.75 Å². The number of rotatable bonds is 17. The third-order valence-electron chi connectivity index (χ3n) is 4.72. The van der Waals surface area contributed by atoms with Gasteiger partial charge in [0.05, 0.1) is 6.61 Å². The van der Waals surface area contributed by atoms with Gasteiger partial charge in [-0.1, -0.05) is 92.0 Å². The van der Waals surface area contributed by atoms with Gasteiger partial charge in [0, 0.05) is 6.42 Å². The fraction of sp³-hybridized carbons (Fsp3) is 0.355. The van der Waals surface area contributed by atoms with Crippen LogP contribution < -0.4 is 4.74 Å². The Morgan fingerprint density at radius 2 is 1.17 bits per heavy atom. The number of hydrogen-bond acceptors (Lipinski definition) is 4. The molecular formula is C31H40O4. The average molecular weight is 477 g/mol. The lowest BCUT2D eigenvalue weighted by molar-refractivity contribution is -0.134. The van der Waals surface area contributed by atoms with Gasteiger partial charge >= 0.3 is 11.9 Å². The Morgan fingerprint density at radius 3 is 1.69 bits per heavy atom. The van der Waals surface area contributed by atoms with E-state index in [9.17, 15) is 9.59 Å². The maximum absolute atomic E-state index is 12.1. The number of carbonyl (C=O) groups is 2. The van der Waals surface area contributed by atoms with Crippen LogP contribution in [0.4, 0.5) is 0 Å². The molecule has 1 aromatic carbocycles. The van der Waals surface area contributed by atoms with E-state index in [-0.39, 0.29) is 30.3 Å². The van der Waals surface area contributed by atoms with Crippen LogP contribution >= 0.6 is 0 Å². The zero-order valence-electron chi connectivity index (χ0n) is 21.2. The zero-order chi connectivity index (χ0) is 25.4. The highest BCUT2D eigenvalue weighted by Gasteiger charge is 2.15. The Hall–Kier alpha value is -3.40. The van der Waals surface area contributed by atoms with Gasteiger partial charge in [0.2, 0.25) is 0 Å². The normalized spacial score (nSPS) is 12.3. The second kappa shape index (κ2) is 21.2. The SMILES string of the molecule is CC/C=C\C/C=C\C/C=C\C/C=C\C/C=C\C/C=C\CCC(=O)Oc1ccccc1C(=O)OCC. The largest absolute Gasteiger partial charge is 0.462 e. The highest BCUT2D eigenvalue weighted by Crippen LogP contribution is 2.19. The van der Waals surface area contributed by atoms with Gasteiger partial charge in [-0.05, 0) is 64.0 Å². The predicted molar refractivity (Wildman–Crippen MR) is 145 cm³/mol. The molecular weight excluding hydrogens is 436 g/mol. The maximum Gasteiger partial charge on any atom is 0.341 e. The lowest BCUT2D eigenvalue weighted by Gasteiger charge is -2.08. The molecule has 0 amide bonds. The fourth-order valence-electron chi connectivity index (χ4n) is 2.95. The summed E-state index contributed by atoms with van der Waals surface area (Å²) in [6.45, 7) is 4.15. The van der Waals surface area contributed by atoms with E-state index in [0.717, 1.165) is 38.5 Å². The summed E-state index contributed by atoms with van der Waals surface area (Å²) in [5.41, 5.74) is 0.261. The highest BCUT2D eigenvalue weighted by molar-refractivity contribution is 5.93. The molecule has 0 radical (unpaired) electrons. The molecule has 0 aromatic heterocycles. The van der Waals surface area contributed by atoms with Gasteiger partial charge in [-0.3, -0.25) is 4.79 Å². The Morgan fingerprint density at radius 1 is 0.686 bits per heavy atom. The van der Waals surface area contributed by atoms with Crippen LogP contribution in [-0.2, 0) is 9.53 Å². The molecule has 0 atom stereocenters. The van der Waals surface area contributed by atoms with Gasteiger partial charge in [0.25, 0.3) is 0 Å². The van der Waals surface area contributed by atoms with E-state index < -0.39 is 5.97 Å². The predicted octanol–water partition coefficient (Wildman–Crippen LogP) is 8.25. The maximum atomic E-state index is 12.1. The molecule has 0 spiro atoms. The number of allylic oxidation sites excluding steroid dienone is 12. The van der Waals surface area contributed by atoms with Gasteiger partial charge < -0.3 is 9.47 Å². The van der Waals surface area contributed by atoms with E-state index in [1.165, 1.54) is 0 Å². The molecule has 0 aliphatic carbocycles. The molecule has 1 aromatic rings. The van der Waals surface area contributed by atoms with Crippen LogP contribution in [0.3, 0.4) is 0 Å². The van der Waals surface area contributed by atoms with E-state index in [2.05, 4.69) is 67.7 Å². The summed E-state index contributed by atoms with van der Waals surface area (Å²) in [6.07, 6.45) is 32.4. The lowest BCUT2D eigenvalue weighted by atomic mass is 10.2. The zero-order valence-corrected chi connectivity index (χ0v) is 21.2. The molecule has 188 valence electrons. The second-order valence-corrected chi connectivity index (χ2v) is 7.64. The standard InChI is InChI=1S/C31H40O4/c1-3-5-6-7-8-9-10-11-12-13-14-15-16-17-18-19-20-21-22-27-30(32)35-29-26-24-23-25-28(29)31(33)34-4-2/h5-6,8-9,11-12,14-15,17-18,20-21,23-26H,3-4,7,10,13,16,19,22,27H2,1-2H3/b6-5-,9-8-,12-11-,15-14-,18-17-,21-20-. The van der Waals surface area contributed by atoms with Crippen LogP contribution in [0.1, 0.15) is 75.6 Å². The van der Waals surface area contributed by atoms with Crippen molar-refractivity contribution in [2.45, 2.75) is 65.2 Å². The minimum atomic E-state index is -0.493. The first kappa shape index (κ1) is 29.6. The molecule has 0 saturated carbocycles. The van der Waals surface area contributed by atoms with Crippen molar-refractivity contribution in [3.63, 3.8) is 0 Å². The van der Waals surface area contributed by atoms with Gasteiger partial charge in [0.15, 0.2) is 0 Å². The third-order valence-corrected chi connectivity index (χ3v) is 4.72. The molecule has 35 heavy (non-hydrogen) atoms. The van der Waals surface area contributed by atoms with Gasteiger partial charge in [-0.15, -0.1) is 0 Å². The molecule has 0 N–H and O–H groups in total. The number of esters is 2. The quantitative estimate of drug-likeness (QED) is 0.129. The summed E-state index contributed by atoms with van der Waals surface area (Å²) >= 11 is 0. The Kier molecular flexibility index (Phi) is 17.9. The number of ether oxygens (including phenoxy) is 2. The summed E-state index contributed by atoms with van der Waals surface area (Å²) in [7, 11) is 0. The number of carbonyl (C=O) groups excluding carboxylic acids is 2. The molecule has 0 aliphatic rings. The number of benzene rings is 1. The minimum Gasteiger partial charge on any atom is -0.462 e. The third kappa shape index (κ3) is 16.0. The smallest absolute Gasteiger partial charge is 0.341 e. The van der Waals surface area contributed by atoms with Crippen LogP contribution in [0.5, 0.6) is 5.75 Å². The van der Waals surface area contributed by atoms with Crippen molar-refractivity contribution < 1.29 is 19.1 Å². The monoisotopic (exact) mass is 476 g/mol. The molecule has 0 fully saturated rings. The fourth-order valence-corrected chi connectivity index (χ4v) is 2.95. The first-order valence-electron chi connectivity index (χ1n) is 12.6. The van der Waals surface area contributed by atoms with Gasteiger partial charge in [-0.2, -0.15) is 0 Å². The molecule has 0 unspecified atom stereocenters. The molecule has 0 bridgehead atoms. The van der Waals surface area contributed by atoms with E-state index in [1.54, 1.807) is 31.2 Å². The van der Waals surface area contributed by atoms with Gasteiger partial charge in [-0.25, -0.2) is 4.79 Å². The summed E-state index contributed by atoms with van der Waals surface area (Å²) in [5.74, 6) is -0.632. The topological polar surface area (TPSA) is 52.6 Å². The Bertz CT molecular complexity index is 900. The van der Waals surface area contributed by atoms with Gasteiger partial charge in [0.1, 0.15) is 11.3 Å². The summed E-state index contributed by atoms with van der Waals surface area (Å²) in [6, 6.07) is 6.62. The Labute approximate surface area is 211 Å². The second-order valence-electron chi connectivity index (χ2n) is 7.64. The number of para-hydroxylation sites is 1. The Balaban J connectivity index is 2.14. The molecule has 0 saturated heterocycles. The van der Waals surface area contributed by atoms with Crippen LogP contribution in [-0.4, -0.2) is 18.5 Å². The summed E-state index contributed by atoms with van der Waals surface area (Å²) in [5, 5.41) is 0. The number of hydrogen-bond donors (Lipinski definition) is 0. The van der Waals surface area contributed by atoms with E-state index in [0.29, 0.717) is 6.42 Å². The molecule has 1 rings (SSSR count). The molecule has 4 nitrogen and oxygen atoms in total.